The summed E-state index contributed by atoms with van der Waals surface area (Å²) in [5.41, 5.74) is 1.02. The van der Waals surface area contributed by atoms with E-state index in [2.05, 4.69) is 0 Å². The van der Waals surface area contributed by atoms with E-state index in [-0.39, 0.29) is 16.9 Å². The number of thioether (sulfide) groups is 1. The van der Waals surface area contributed by atoms with E-state index in [4.69, 9.17) is 10.2 Å². The fraction of sp³-hybridized carbons (Fsp3) is 0.417. The summed E-state index contributed by atoms with van der Waals surface area (Å²) in [6, 6.07) is 6.84. The molecule has 0 amide bonds. The van der Waals surface area contributed by atoms with Crippen molar-refractivity contribution in [2.24, 2.45) is 5.92 Å². The van der Waals surface area contributed by atoms with Crippen LogP contribution in [-0.2, 0) is 10.5 Å². The van der Waals surface area contributed by atoms with Gasteiger partial charge in [0.05, 0.1) is 0 Å². The SMILES string of the molecule is CC(C)C(SCc1ccc(O)cc1)C(=O)O. The molecule has 3 nitrogen and oxygen atoms in total. The van der Waals surface area contributed by atoms with Crippen LogP contribution >= 0.6 is 11.8 Å². The monoisotopic (exact) mass is 240 g/mol. The average molecular weight is 240 g/mol. The molecule has 0 bridgehead atoms. The minimum atomic E-state index is -0.765. The number of carbonyl (C=O) groups is 1. The number of carboxylic acid groups (broad SMARTS) is 1. The second-order valence-electron chi connectivity index (χ2n) is 3.98. The van der Waals surface area contributed by atoms with Gasteiger partial charge in [0.2, 0.25) is 0 Å². The highest BCUT2D eigenvalue weighted by Crippen LogP contribution is 2.24. The van der Waals surface area contributed by atoms with E-state index in [1.807, 2.05) is 26.0 Å². The molecule has 1 aromatic carbocycles. The van der Waals surface area contributed by atoms with Gasteiger partial charge in [0.25, 0.3) is 0 Å². The molecule has 16 heavy (non-hydrogen) atoms. The molecule has 0 aliphatic heterocycles. The summed E-state index contributed by atoms with van der Waals surface area (Å²) < 4.78 is 0. The molecule has 0 saturated carbocycles. The normalized spacial score (nSPS) is 12.7. The predicted molar refractivity (Wildman–Crippen MR) is 65.7 cm³/mol. The molecule has 0 saturated heterocycles. The Labute approximate surface area is 99.5 Å². The third-order valence-corrected chi connectivity index (χ3v) is 3.82. The largest absolute Gasteiger partial charge is 0.508 e. The Kier molecular flexibility index (Phi) is 4.68. The van der Waals surface area contributed by atoms with Crippen molar-refractivity contribution in [2.75, 3.05) is 0 Å². The second-order valence-corrected chi connectivity index (χ2v) is 5.11. The number of phenols is 1. The van der Waals surface area contributed by atoms with Crippen molar-refractivity contribution < 1.29 is 15.0 Å². The molecule has 1 rings (SSSR count). The van der Waals surface area contributed by atoms with Crippen LogP contribution in [0.4, 0.5) is 0 Å². The Morgan fingerprint density at radius 3 is 2.31 bits per heavy atom. The van der Waals surface area contributed by atoms with Crippen molar-refractivity contribution in [2.45, 2.75) is 24.9 Å². The van der Waals surface area contributed by atoms with Crippen molar-refractivity contribution in [1.29, 1.82) is 0 Å². The molecule has 0 spiro atoms. The van der Waals surface area contributed by atoms with Crippen LogP contribution in [-0.4, -0.2) is 21.4 Å². The number of benzene rings is 1. The molecular formula is C12H16O3S. The molecule has 1 aromatic rings. The van der Waals surface area contributed by atoms with Crippen molar-refractivity contribution >= 4 is 17.7 Å². The third kappa shape index (κ3) is 3.77. The highest BCUT2D eigenvalue weighted by Gasteiger charge is 2.21. The van der Waals surface area contributed by atoms with Crippen LogP contribution in [0.15, 0.2) is 24.3 Å². The smallest absolute Gasteiger partial charge is 0.316 e. The quantitative estimate of drug-likeness (QED) is 0.831. The number of carboxylic acids is 1. The number of phenolic OH excluding ortho intramolecular Hbond substituents is 1. The van der Waals surface area contributed by atoms with Crippen molar-refractivity contribution in [1.82, 2.24) is 0 Å². The molecule has 1 atom stereocenters. The molecule has 0 fully saturated rings. The van der Waals surface area contributed by atoms with E-state index >= 15 is 0 Å². The highest BCUT2D eigenvalue weighted by atomic mass is 32.2. The summed E-state index contributed by atoms with van der Waals surface area (Å²) >= 11 is 1.42. The fourth-order valence-electron chi connectivity index (χ4n) is 1.33. The zero-order chi connectivity index (χ0) is 12.1. The van der Waals surface area contributed by atoms with Gasteiger partial charge in [0.15, 0.2) is 0 Å². The molecule has 2 N–H and O–H groups in total. The Hall–Kier alpha value is -1.16. The summed E-state index contributed by atoms with van der Waals surface area (Å²) in [6.45, 7) is 3.81. The lowest BCUT2D eigenvalue weighted by Gasteiger charge is -2.15. The molecule has 0 aromatic heterocycles. The first-order valence-corrected chi connectivity index (χ1v) is 6.18. The van der Waals surface area contributed by atoms with Gasteiger partial charge in [0, 0.05) is 5.75 Å². The maximum Gasteiger partial charge on any atom is 0.316 e. The van der Waals surface area contributed by atoms with Gasteiger partial charge in [-0.05, 0) is 23.6 Å². The molecule has 4 heteroatoms. The summed E-state index contributed by atoms with van der Waals surface area (Å²) in [5.74, 6) is 0.223. The lowest BCUT2D eigenvalue weighted by molar-refractivity contribution is -0.137. The van der Waals surface area contributed by atoms with E-state index in [0.29, 0.717) is 5.75 Å². The lowest BCUT2D eigenvalue weighted by Crippen LogP contribution is -2.22. The first-order valence-electron chi connectivity index (χ1n) is 5.13. The minimum absolute atomic E-state index is 0.111. The van der Waals surface area contributed by atoms with Crippen LogP contribution in [0.3, 0.4) is 0 Å². The predicted octanol–water partition coefficient (Wildman–Crippen LogP) is 2.73. The minimum Gasteiger partial charge on any atom is -0.508 e. The maximum atomic E-state index is 11.0. The fourth-order valence-corrected chi connectivity index (χ4v) is 2.42. The van der Waals surface area contributed by atoms with Gasteiger partial charge in [-0.3, -0.25) is 4.79 Å². The summed E-state index contributed by atoms with van der Waals surface area (Å²) in [5, 5.41) is 17.7. The summed E-state index contributed by atoms with van der Waals surface area (Å²) in [6.07, 6.45) is 0. The van der Waals surface area contributed by atoms with Crippen molar-refractivity contribution in [3.8, 4) is 5.75 Å². The summed E-state index contributed by atoms with van der Waals surface area (Å²) in [4.78, 5) is 11.0. The van der Waals surface area contributed by atoms with Gasteiger partial charge >= 0.3 is 5.97 Å². The van der Waals surface area contributed by atoms with Gasteiger partial charge in [-0.1, -0.05) is 26.0 Å². The number of hydrogen-bond donors (Lipinski definition) is 2. The van der Waals surface area contributed by atoms with Crippen LogP contribution in [0.2, 0.25) is 0 Å². The molecule has 1 unspecified atom stereocenters. The molecular weight excluding hydrogens is 224 g/mol. The second kappa shape index (κ2) is 5.80. The number of aromatic hydroxyl groups is 1. The number of rotatable bonds is 5. The highest BCUT2D eigenvalue weighted by molar-refractivity contribution is 7.99. The number of aliphatic carboxylic acids is 1. The van der Waals surface area contributed by atoms with Crippen LogP contribution < -0.4 is 0 Å². The Morgan fingerprint density at radius 1 is 1.31 bits per heavy atom. The standard InChI is InChI=1S/C12H16O3S/c1-8(2)11(12(14)15)16-7-9-3-5-10(13)6-4-9/h3-6,8,11,13H,7H2,1-2H3,(H,14,15). The summed E-state index contributed by atoms with van der Waals surface area (Å²) in [7, 11) is 0. The van der Waals surface area contributed by atoms with Gasteiger partial charge in [-0.25, -0.2) is 0 Å². The van der Waals surface area contributed by atoms with Crippen molar-refractivity contribution in [3.05, 3.63) is 29.8 Å². The zero-order valence-corrected chi connectivity index (χ0v) is 10.2. The molecule has 0 aliphatic rings. The molecule has 88 valence electrons. The molecule has 0 aliphatic carbocycles. The van der Waals surface area contributed by atoms with Crippen molar-refractivity contribution in [3.63, 3.8) is 0 Å². The van der Waals surface area contributed by atoms with Gasteiger partial charge in [-0.2, -0.15) is 0 Å². The Morgan fingerprint density at radius 2 is 1.88 bits per heavy atom. The molecule has 0 radical (unpaired) electrons. The third-order valence-electron chi connectivity index (χ3n) is 2.21. The van der Waals surface area contributed by atoms with E-state index in [1.54, 1.807) is 12.1 Å². The number of hydrogen-bond acceptors (Lipinski definition) is 3. The topological polar surface area (TPSA) is 57.5 Å². The lowest BCUT2D eigenvalue weighted by atomic mass is 10.1. The van der Waals surface area contributed by atoms with Crippen LogP contribution in [0, 0.1) is 5.92 Å². The zero-order valence-electron chi connectivity index (χ0n) is 9.38. The molecule has 0 heterocycles. The average Bonchev–Trinajstić information content (AvgIpc) is 2.20. The first kappa shape index (κ1) is 12.9. The van der Waals surface area contributed by atoms with E-state index < -0.39 is 5.97 Å². The van der Waals surface area contributed by atoms with E-state index in [1.165, 1.54) is 11.8 Å². The van der Waals surface area contributed by atoms with Crippen LogP contribution in [0.1, 0.15) is 19.4 Å². The van der Waals surface area contributed by atoms with Gasteiger partial charge in [0.1, 0.15) is 11.0 Å². The van der Waals surface area contributed by atoms with Crippen LogP contribution in [0.5, 0.6) is 5.75 Å². The van der Waals surface area contributed by atoms with E-state index in [0.717, 1.165) is 5.56 Å². The maximum absolute atomic E-state index is 11.0. The van der Waals surface area contributed by atoms with E-state index in [9.17, 15) is 4.79 Å². The Balaban J connectivity index is 2.55. The Bertz CT molecular complexity index is 346. The van der Waals surface area contributed by atoms with Gasteiger partial charge in [-0.15, -0.1) is 11.8 Å². The van der Waals surface area contributed by atoms with Crippen LogP contribution in [0.25, 0.3) is 0 Å². The first-order chi connectivity index (χ1) is 7.50. The van der Waals surface area contributed by atoms with Gasteiger partial charge < -0.3 is 10.2 Å².